The summed E-state index contributed by atoms with van der Waals surface area (Å²) in [5.41, 5.74) is 0. The zero-order valence-electron chi connectivity index (χ0n) is 4.97. The third-order valence-electron chi connectivity index (χ3n) is 0.936. The van der Waals surface area contributed by atoms with E-state index >= 15 is 0 Å². The third kappa shape index (κ3) is 1.99. The normalized spacial score (nSPS) is 9.56. The molecule has 0 spiro atoms. The van der Waals surface area contributed by atoms with E-state index in [4.69, 9.17) is 0 Å². The maximum atomic E-state index is 4.05. The Kier molecular flexibility index (Phi) is 2.54. The quantitative estimate of drug-likeness (QED) is 0.515. The van der Waals surface area contributed by atoms with Crippen LogP contribution in [0.4, 0.5) is 0 Å². The average Bonchev–Trinajstić information content (AvgIpc) is 1.90. The Morgan fingerprint density at radius 1 is 1.56 bits per heavy atom. The minimum atomic E-state index is 0.889. The van der Waals surface area contributed by atoms with Crippen LogP contribution in [-0.4, -0.2) is 11.2 Å². The molecule has 0 atom stereocenters. The van der Waals surface area contributed by atoms with Gasteiger partial charge < -0.3 is 0 Å². The average molecular weight is 204 g/mol. The van der Waals surface area contributed by atoms with Crippen molar-refractivity contribution in [3.8, 4) is 0 Å². The van der Waals surface area contributed by atoms with Crippen LogP contribution in [0.2, 0.25) is 0 Å². The Morgan fingerprint density at radius 3 is 2.78 bits per heavy atom. The summed E-state index contributed by atoms with van der Waals surface area (Å²) in [4.78, 5) is 5.24. The molecule has 1 aromatic heterocycles. The summed E-state index contributed by atoms with van der Waals surface area (Å²) in [5.74, 6) is 0. The summed E-state index contributed by atoms with van der Waals surface area (Å²) in [5, 5.41) is 0. The number of hydrogen-bond donors (Lipinski definition) is 0. The molecule has 0 bridgehead atoms. The van der Waals surface area contributed by atoms with Crippen molar-refractivity contribution in [2.24, 2.45) is 0 Å². The summed E-state index contributed by atoms with van der Waals surface area (Å²) in [6.45, 7) is 0. The number of halogens is 1. The smallest absolute Gasteiger partial charge is 0.106 e. The van der Waals surface area contributed by atoms with Gasteiger partial charge in [0.2, 0.25) is 0 Å². The highest BCUT2D eigenvalue weighted by molar-refractivity contribution is 9.10. The van der Waals surface area contributed by atoms with Crippen molar-refractivity contribution in [1.82, 2.24) is 4.98 Å². The lowest BCUT2D eigenvalue weighted by Gasteiger charge is -1.92. The fraction of sp³-hybridized carbons (Fsp3) is 0.167. The van der Waals surface area contributed by atoms with E-state index in [0.717, 1.165) is 4.60 Å². The van der Waals surface area contributed by atoms with Gasteiger partial charge in [0.1, 0.15) is 4.60 Å². The van der Waals surface area contributed by atoms with Crippen LogP contribution < -0.4 is 0 Å². The summed E-state index contributed by atoms with van der Waals surface area (Å²) in [6, 6.07) is 3.97. The molecule has 0 radical (unpaired) electrons. The van der Waals surface area contributed by atoms with E-state index in [1.54, 1.807) is 11.8 Å². The van der Waals surface area contributed by atoms with Gasteiger partial charge in [-0.25, -0.2) is 4.98 Å². The summed E-state index contributed by atoms with van der Waals surface area (Å²) in [6.07, 6.45) is 3.87. The van der Waals surface area contributed by atoms with Gasteiger partial charge in [0, 0.05) is 11.1 Å². The molecule has 0 N–H and O–H groups in total. The summed E-state index contributed by atoms with van der Waals surface area (Å²) >= 11 is 4.95. The fourth-order valence-corrected chi connectivity index (χ4v) is 1.08. The standard InChI is InChI=1S/C6H6BrNS/c1-9-5-2-3-6(7)8-4-5/h2-4H,1H3. The first-order valence-corrected chi connectivity index (χ1v) is 4.50. The van der Waals surface area contributed by atoms with Crippen molar-refractivity contribution < 1.29 is 0 Å². The highest BCUT2D eigenvalue weighted by Gasteiger charge is 1.87. The van der Waals surface area contributed by atoms with Gasteiger partial charge in [0.05, 0.1) is 0 Å². The number of nitrogens with zero attached hydrogens (tertiary/aromatic N) is 1. The van der Waals surface area contributed by atoms with Gasteiger partial charge >= 0.3 is 0 Å². The van der Waals surface area contributed by atoms with E-state index in [-0.39, 0.29) is 0 Å². The Labute approximate surface area is 67.0 Å². The predicted octanol–water partition coefficient (Wildman–Crippen LogP) is 2.57. The van der Waals surface area contributed by atoms with Gasteiger partial charge in [-0.05, 0) is 34.3 Å². The molecular weight excluding hydrogens is 198 g/mol. The number of aromatic nitrogens is 1. The number of pyridine rings is 1. The minimum absolute atomic E-state index is 0.889. The third-order valence-corrected chi connectivity index (χ3v) is 2.12. The van der Waals surface area contributed by atoms with Crippen LogP contribution in [0.25, 0.3) is 0 Å². The van der Waals surface area contributed by atoms with Gasteiger partial charge in [0.15, 0.2) is 0 Å². The number of rotatable bonds is 1. The van der Waals surface area contributed by atoms with E-state index in [2.05, 4.69) is 20.9 Å². The maximum absolute atomic E-state index is 4.05. The molecule has 3 heteroatoms. The van der Waals surface area contributed by atoms with E-state index < -0.39 is 0 Å². The van der Waals surface area contributed by atoms with Crippen LogP contribution in [0.5, 0.6) is 0 Å². The predicted molar refractivity (Wildman–Crippen MR) is 43.7 cm³/mol. The van der Waals surface area contributed by atoms with Gasteiger partial charge in [0.25, 0.3) is 0 Å². The zero-order chi connectivity index (χ0) is 6.69. The van der Waals surface area contributed by atoms with Crippen molar-refractivity contribution in [2.45, 2.75) is 4.90 Å². The van der Waals surface area contributed by atoms with Crippen molar-refractivity contribution in [3.63, 3.8) is 0 Å². The van der Waals surface area contributed by atoms with Gasteiger partial charge in [-0.2, -0.15) is 0 Å². The molecule has 1 rings (SSSR count). The maximum Gasteiger partial charge on any atom is 0.106 e. The highest BCUT2D eigenvalue weighted by Crippen LogP contribution is 2.14. The monoisotopic (exact) mass is 203 g/mol. The minimum Gasteiger partial charge on any atom is -0.248 e. The van der Waals surface area contributed by atoms with Gasteiger partial charge in [-0.15, -0.1) is 11.8 Å². The first-order valence-electron chi connectivity index (χ1n) is 2.48. The Morgan fingerprint density at radius 2 is 2.33 bits per heavy atom. The molecule has 48 valence electrons. The molecular formula is C6H6BrNS. The lowest BCUT2D eigenvalue weighted by Crippen LogP contribution is -1.73. The molecule has 0 aliphatic heterocycles. The molecule has 0 aliphatic carbocycles. The Balaban J connectivity index is 2.88. The van der Waals surface area contributed by atoms with E-state index in [9.17, 15) is 0 Å². The van der Waals surface area contributed by atoms with Crippen LogP contribution in [0, 0.1) is 0 Å². The molecule has 0 amide bonds. The van der Waals surface area contributed by atoms with Crippen molar-refractivity contribution in [1.29, 1.82) is 0 Å². The molecule has 0 saturated heterocycles. The molecule has 1 aromatic rings. The first-order chi connectivity index (χ1) is 4.33. The Bertz CT molecular complexity index is 185. The SMILES string of the molecule is CSc1ccc(Br)nc1. The van der Waals surface area contributed by atoms with Crippen molar-refractivity contribution in [2.75, 3.05) is 6.26 Å². The van der Waals surface area contributed by atoms with Gasteiger partial charge in [-0.1, -0.05) is 0 Å². The largest absolute Gasteiger partial charge is 0.248 e. The number of thioether (sulfide) groups is 1. The van der Waals surface area contributed by atoms with E-state index in [0.29, 0.717) is 0 Å². The second-order valence-corrected chi connectivity index (χ2v) is 3.21. The van der Waals surface area contributed by atoms with Crippen LogP contribution in [0.15, 0.2) is 27.8 Å². The molecule has 0 saturated carbocycles. The van der Waals surface area contributed by atoms with Crippen molar-refractivity contribution in [3.05, 3.63) is 22.9 Å². The number of hydrogen-bond acceptors (Lipinski definition) is 2. The molecule has 0 aliphatic rings. The summed E-state index contributed by atoms with van der Waals surface area (Å²) in [7, 11) is 0. The lowest BCUT2D eigenvalue weighted by molar-refractivity contribution is 1.20. The molecule has 0 unspecified atom stereocenters. The first kappa shape index (κ1) is 7.09. The molecule has 1 heterocycles. The molecule has 0 fully saturated rings. The zero-order valence-corrected chi connectivity index (χ0v) is 7.37. The molecule has 1 nitrogen and oxygen atoms in total. The van der Waals surface area contributed by atoms with Gasteiger partial charge in [-0.3, -0.25) is 0 Å². The summed E-state index contributed by atoms with van der Waals surface area (Å²) < 4.78 is 0.889. The van der Waals surface area contributed by atoms with Crippen LogP contribution in [0.3, 0.4) is 0 Å². The Hall–Kier alpha value is -0.0200. The second kappa shape index (κ2) is 3.22. The highest BCUT2D eigenvalue weighted by atomic mass is 79.9. The van der Waals surface area contributed by atoms with E-state index in [1.165, 1.54) is 4.90 Å². The lowest BCUT2D eigenvalue weighted by atomic mass is 10.5. The topological polar surface area (TPSA) is 12.9 Å². The second-order valence-electron chi connectivity index (χ2n) is 1.52. The van der Waals surface area contributed by atoms with Crippen LogP contribution >= 0.6 is 27.7 Å². The fourth-order valence-electron chi connectivity index (χ4n) is 0.483. The molecule has 9 heavy (non-hydrogen) atoms. The van der Waals surface area contributed by atoms with E-state index in [1.807, 2.05) is 24.6 Å². The van der Waals surface area contributed by atoms with Crippen LogP contribution in [-0.2, 0) is 0 Å². The van der Waals surface area contributed by atoms with Crippen LogP contribution in [0.1, 0.15) is 0 Å². The van der Waals surface area contributed by atoms with Crippen molar-refractivity contribution >= 4 is 27.7 Å². The molecule has 0 aromatic carbocycles.